The van der Waals surface area contributed by atoms with E-state index in [2.05, 4.69) is 86.8 Å². The summed E-state index contributed by atoms with van der Waals surface area (Å²) in [5.74, 6) is 1.01. The van der Waals surface area contributed by atoms with Crippen LogP contribution in [0.5, 0.6) is 0 Å². The van der Waals surface area contributed by atoms with Gasteiger partial charge in [0.05, 0.1) is 16.3 Å². The van der Waals surface area contributed by atoms with Crippen molar-refractivity contribution in [2.45, 2.75) is 45.2 Å². The normalized spacial score (nSPS) is 15.8. The zero-order chi connectivity index (χ0) is 22.5. The summed E-state index contributed by atoms with van der Waals surface area (Å²) in [6, 6.07) is 19.2. The van der Waals surface area contributed by atoms with Gasteiger partial charge in [-0.05, 0) is 41.0 Å². The molecule has 1 fully saturated rings. The second kappa shape index (κ2) is 10.4. The topological polar surface area (TPSA) is 63.0 Å². The second-order valence-corrected chi connectivity index (χ2v) is 9.65. The van der Waals surface area contributed by atoms with Gasteiger partial charge in [0, 0.05) is 32.7 Å². The summed E-state index contributed by atoms with van der Waals surface area (Å²) in [5, 5.41) is 14.0. The number of fused-ring (bicyclic) bond motifs is 1. The number of unbranched alkanes of at least 4 members (excludes halogenated alkanes) is 1. The van der Waals surface area contributed by atoms with Gasteiger partial charge in [-0.25, -0.2) is 9.67 Å². The molecule has 1 aliphatic rings. The smallest absolute Gasteiger partial charge is 0.186 e. The first-order chi connectivity index (χ1) is 16.3. The highest BCUT2D eigenvalue weighted by Gasteiger charge is 2.29. The third kappa shape index (κ3) is 5.07. The van der Waals surface area contributed by atoms with Crippen LogP contribution in [0.1, 0.15) is 43.6 Å². The van der Waals surface area contributed by atoms with Crippen molar-refractivity contribution in [2.24, 2.45) is 0 Å². The molecule has 2 aromatic carbocycles. The molecule has 0 amide bonds. The molecule has 0 N–H and O–H groups in total. The van der Waals surface area contributed by atoms with Gasteiger partial charge in [0.15, 0.2) is 11.0 Å². The van der Waals surface area contributed by atoms with E-state index >= 15 is 0 Å². The lowest BCUT2D eigenvalue weighted by Crippen LogP contribution is -2.48. The van der Waals surface area contributed by atoms with Gasteiger partial charge in [-0.2, -0.15) is 0 Å². The van der Waals surface area contributed by atoms with Crippen LogP contribution < -0.4 is 4.90 Å². The van der Waals surface area contributed by atoms with Gasteiger partial charge in [0.2, 0.25) is 0 Å². The SMILES string of the molecule is CCCC[C@@H](c1nnnn1CCc1ccccc1)N1CCN(c2nc3ccccc3s2)CC1. The molecule has 3 heterocycles. The van der Waals surface area contributed by atoms with Crippen LogP contribution in [0.25, 0.3) is 10.2 Å². The summed E-state index contributed by atoms with van der Waals surface area (Å²) in [6.07, 6.45) is 4.37. The van der Waals surface area contributed by atoms with E-state index in [1.165, 1.54) is 23.1 Å². The first-order valence-corrected chi connectivity index (χ1v) is 12.8. The van der Waals surface area contributed by atoms with Crippen molar-refractivity contribution < 1.29 is 0 Å². The molecule has 0 aliphatic carbocycles. The molecule has 0 saturated carbocycles. The van der Waals surface area contributed by atoms with Gasteiger partial charge in [-0.15, -0.1) is 5.10 Å². The quantitative estimate of drug-likeness (QED) is 0.364. The van der Waals surface area contributed by atoms with Crippen LogP contribution in [0.4, 0.5) is 5.13 Å². The first kappa shape index (κ1) is 22.0. The maximum Gasteiger partial charge on any atom is 0.186 e. The van der Waals surface area contributed by atoms with Gasteiger partial charge in [0.25, 0.3) is 0 Å². The van der Waals surface area contributed by atoms with Crippen LogP contribution in [0.15, 0.2) is 54.6 Å². The van der Waals surface area contributed by atoms with E-state index in [0.29, 0.717) is 0 Å². The van der Waals surface area contributed by atoms with Crippen molar-refractivity contribution in [1.29, 1.82) is 0 Å². The van der Waals surface area contributed by atoms with E-state index in [4.69, 9.17) is 4.98 Å². The number of thiazole rings is 1. The fourth-order valence-corrected chi connectivity index (χ4v) is 5.60. The summed E-state index contributed by atoms with van der Waals surface area (Å²) >= 11 is 1.79. The van der Waals surface area contributed by atoms with Gasteiger partial charge < -0.3 is 4.90 Å². The van der Waals surface area contributed by atoms with Gasteiger partial charge in [0.1, 0.15) is 0 Å². The van der Waals surface area contributed by atoms with Gasteiger partial charge in [-0.3, -0.25) is 4.90 Å². The summed E-state index contributed by atoms with van der Waals surface area (Å²) < 4.78 is 3.28. The predicted octanol–water partition coefficient (Wildman–Crippen LogP) is 4.58. The Morgan fingerprint density at radius 3 is 2.55 bits per heavy atom. The standard InChI is InChI=1S/C25H31N7S/c1-2-3-12-22(24-27-28-29-32(24)15-14-20-9-5-4-6-10-20)30-16-18-31(19-17-30)25-26-21-11-7-8-13-23(21)33-25/h4-11,13,22H,2-3,12,14-19H2,1H3/t22-/m0/s1. The molecule has 1 atom stereocenters. The maximum absolute atomic E-state index is 4.86. The van der Waals surface area contributed by atoms with E-state index in [1.54, 1.807) is 11.3 Å². The third-order valence-corrected chi connectivity index (χ3v) is 7.55. The Morgan fingerprint density at radius 1 is 0.970 bits per heavy atom. The zero-order valence-corrected chi connectivity index (χ0v) is 20.0. The lowest BCUT2D eigenvalue weighted by atomic mass is 10.1. The molecule has 2 aromatic heterocycles. The highest BCUT2D eigenvalue weighted by atomic mass is 32.1. The molecule has 5 rings (SSSR count). The highest BCUT2D eigenvalue weighted by molar-refractivity contribution is 7.22. The summed E-state index contributed by atoms with van der Waals surface area (Å²) in [5.41, 5.74) is 2.41. The Morgan fingerprint density at radius 2 is 1.76 bits per heavy atom. The summed E-state index contributed by atoms with van der Waals surface area (Å²) in [4.78, 5) is 9.86. The number of benzene rings is 2. The molecule has 172 valence electrons. The molecular formula is C25H31N7S. The van der Waals surface area contributed by atoms with Crippen molar-refractivity contribution in [3.8, 4) is 0 Å². The number of aromatic nitrogens is 5. The second-order valence-electron chi connectivity index (χ2n) is 8.64. The number of para-hydroxylation sites is 1. The minimum atomic E-state index is 0.258. The van der Waals surface area contributed by atoms with Gasteiger partial charge >= 0.3 is 0 Å². The monoisotopic (exact) mass is 461 g/mol. The van der Waals surface area contributed by atoms with E-state index in [1.807, 2.05) is 4.68 Å². The number of hydrogen-bond donors (Lipinski definition) is 0. The lowest BCUT2D eigenvalue weighted by molar-refractivity contribution is 0.162. The van der Waals surface area contributed by atoms with Crippen LogP contribution in [0, 0.1) is 0 Å². The number of hydrogen-bond acceptors (Lipinski definition) is 7. The molecule has 33 heavy (non-hydrogen) atoms. The van der Waals surface area contributed by atoms with Crippen molar-refractivity contribution in [3.63, 3.8) is 0 Å². The van der Waals surface area contributed by atoms with Crippen LogP contribution in [-0.2, 0) is 13.0 Å². The summed E-state index contributed by atoms with van der Waals surface area (Å²) in [7, 11) is 0. The summed E-state index contributed by atoms with van der Waals surface area (Å²) in [6.45, 7) is 7.01. The van der Waals surface area contributed by atoms with E-state index < -0.39 is 0 Å². The number of tetrazole rings is 1. The Kier molecular flexibility index (Phi) is 6.92. The van der Waals surface area contributed by atoms with Crippen molar-refractivity contribution >= 4 is 26.7 Å². The molecule has 0 bridgehead atoms. The number of aryl methyl sites for hydroxylation is 2. The molecule has 0 unspecified atom stereocenters. The number of piperazine rings is 1. The fourth-order valence-electron chi connectivity index (χ4n) is 4.58. The molecule has 4 aromatic rings. The van der Waals surface area contributed by atoms with Crippen LogP contribution in [0.2, 0.25) is 0 Å². The minimum Gasteiger partial charge on any atom is -0.345 e. The largest absolute Gasteiger partial charge is 0.345 e. The molecule has 1 aliphatic heterocycles. The maximum atomic E-state index is 4.86. The molecule has 8 heteroatoms. The first-order valence-electron chi connectivity index (χ1n) is 12.0. The number of nitrogens with zero attached hydrogens (tertiary/aromatic N) is 7. The molecule has 7 nitrogen and oxygen atoms in total. The van der Waals surface area contributed by atoms with Crippen molar-refractivity contribution in [2.75, 3.05) is 31.1 Å². The Labute approximate surface area is 199 Å². The fraction of sp³-hybridized carbons (Fsp3) is 0.440. The Bertz CT molecular complexity index is 1110. The van der Waals surface area contributed by atoms with E-state index in [0.717, 1.165) is 62.0 Å². The van der Waals surface area contributed by atoms with E-state index in [9.17, 15) is 0 Å². The van der Waals surface area contributed by atoms with E-state index in [-0.39, 0.29) is 6.04 Å². The lowest BCUT2D eigenvalue weighted by Gasteiger charge is -2.38. The van der Waals surface area contributed by atoms with Crippen LogP contribution in [-0.4, -0.2) is 56.3 Å². The molecule has 0 radical (unpaired) electrons. The molecular weight excluding hydrogens is 430 g/mol. The van der Waals surface area contributed by atoms with Crippen molar-refractivity contribution in [3.05, 3.63) is 66.0 Å². The number of anilines is 1. The predicted molar refractivity (Wildman–Crippen MR) is 134 cm³/mol. The number of rotatable bonds is 9. The van der Waals surface area contributed by atoms with Crippen LogP contribution in [0.3, 0.4) is 0 Å². The highest BCUT2D eigenvalue weighted by Crippen LogP contribution is 2.31. The van der Waals surface area contributed by atoms with Crippen molar-refractivity contribution in [1.82, 2.24) is 30.1 Å². The Hall–Kier alpha value is -2.84. The minimum absolute atomic E-state index is 0.258. The molecule has 1 saturated heterocycles. The average Bonchev–Trinajstić information content (AvgIpc) is 3.51. The van der Waals surface area contributed by atoms with Gasteiger partial charge in [-0.1, -0.05) is 73.6 Å². The zero-order valence-electron chi connectivity index (χ0n) is 19.2. The average molecular weight is 462 g/mol. The third-order valence-electron chi connectivity index (χ3n) is 6.45. The Balaban J connectivity index is 1.27. The molecule has 0 spiro atoms. The van der Waals surface area contributed by atoms with Crippen LogP contribution >= 0.6 is 11.3 Å².